The van der Waals surface area contributed by atoms with Crippen molar-refractivity contribution in [1.82, 2.24) is 9.97 Å². The summed E-state index contributed by atoms with van der Waals surface area (Å²) < 4.78 is 0. The smallest absolute Gasteiger partial charge is 0.142 e. The maximum absolute atomic E-state index is 5.44. The normalized spacial score (nSPS) is 9.44. The van der Waals surface area contributed by atoms with Gasteiger partial charge in [0.05, 0.1) is 17.8 Å². The molecule has 1 heterocycles. The minimum atomic E-state index is 0.359. The van der Waals surface area contributed by atoms with Gasteiger partial charge in [-0.25, -0.2) is 4.98 Å². The van der Waals surface area contributed by atoms with Gasteiger partial charge in [0.25, 0.3) is 0 Å². The second-order valence-corrected chi connectivity index (χ2v) is 1.84. The number of halogens is 1. The van der Waals surface area contributed by atoms with Crippen molar-refractivity contribution in [1.29, 1.82) is 0 Å². The van der Waals surface area contributed by atoms with Crippen molar-refractivity contribution in [3.8, 4) is 0 Å². The molecule has 1 aromatic rings. The van der Waals surface area contributed by atoms with Crippen LogP contribution in [0.5, 0.6) is 0 Å². The van der Waals surface area contributed by atoms with Crippen LogP contribution in [-0.4, -0.2) is 9.97 Å². The number of alkyl halides is 1. The maximum Gasteiger partial charge on any atom is 0.142 e. The average Bonchev–Trinajstić information content (AvgIpc) is 1.88. The van der Waals surface area contributed by atoms with E-state index in [1.54, 1.807) is 6.20 Å². The number of aromatic nitrogens is 2. The van der Waals surface area contributed by atoms with Gasteiger partial charge in [0.2, 0.25) is 0 Å². The Hall–Kier alpha value is -0.830. The third kappa shape index (κ3) is 1.54. The molecule has 1 aromatic heterocycles. The lowest BCUT2D eigenvalue weighted by Crippen LogP contribution is -1.94. The number of hydrogen-bond donors (Lipinski definition) is 1. The van der Waals surface area contributed by atoms with E-state index in [0.717, 1.165) is 0 Å². The third-order valence-corrected chi connectivity index (χ3v) is 1.11. The van der Waals surface area contributed by atoms with Gasteiger partial charge < -0.3 is 5.73 Å². The summed E-state index contributed by atoms with van der Waals surface area (Å²) >= 11 is 5.44. The molecule has 0 aliphatic rings. The summed E-state index contributed by atoms with van der Waals surface area (Å²) in [5, 5.41) is 0. The summed E-state index contributed by atoms with van der Waals surface area (Å²) in [5.41, 5.74) is 6.01. The SMILES string of the molecule is Nc1cncc(CCl)n1. The summed E-state index contributed by atoms with van der Waals surface area (Å²) in [5.74, 6) is 0.769. The lowest BCUT2D eigenvalue weighted by Gasteiger charge is -1.92. The van der Waals surface area contributed by atoms with Gasteiger partial charge in [-0.05, 0) is 0 Å². The highest BCUT2D eigenvalue weighted by molar-refractivity contribution is 6.16. The van der Waals surface area contributed by atoms with E-state index in [2.05, 4.69) is 9.97 Å². The van der Waals surface area contributed by atoms with Gasteiger partial charge in [0, 0.05) is 6.20 Å². The Balaban J connectivity index is 2.94. The second-order valence-electron chi connectivity index (χ2n) is 1.57. The molecule has 48 valence electrons. The predicted molar refractivity (Wildman–Crippen MR) is 36.0 cm³/mol. The number of rotatable bonds is 1. The van der Waals surface area contributed by atoms with Crippen LogP contribution in [0, 0.1) is 0 Å². The maximum atomic E-state index is 5.44. The third-order valence-electron chi connectivity index (χ3n) is 0.840. The minimum absolute atomic E-state index is 0.359. The van der Waals surface area contributed by atoms with Gasteiger partial charge in [0.15, 0.2) is 0 Å². The van der Waals surface area contributed by atoms with Crippen molar-refractivity contribution in [2.45, 2.75) is 5.88 Å². The van der Waals surface area contributed by atoms with E-state index in [1.165, 1.54) is 6.20 Å². The van der Waals surface area contributed by atoms with E-state index in [-0.39, 0.29) is 0 Å². The minimum Gasteiger partial charge on any atom is -0.382 e. The van der Waals surface area contributed by atoms with Crippen LogP contribution in [0.3, 0.4) is 0 Å². The molecule has 0 aliphatic heterocycles. The number of nitrogens with zero attached hydrogens (tertiary/aromatic N) is 2. The molecular formula is C5H6ClN3. The Kier molecular flexibility index (Phi) is 1.85. The molecule has 9 heavy (non-hydrogen) atoms. The van der Waals surface area contributed by atoms with E-state index in [4.69, 9.17) is 17.3 Å². The van der Waals surface area contributed by atoms with E-state index < -0.39 is 0 Å². The number of nitrogen functional groups attached to an aromatic ring is 1. The highest BCUT2D eigenvalue weighted by Gasteiger charge is 1.90. The summed E-state index contributed by atoms with van der Waals surface area (Å²) in [6, 6.07) is 0. The summed E-state index contributed by atoms with van der Waals surface area (Å²) in [4.78, 5) is 7.66. The Morgan fingerprint density at radius 1 is 1.56 bits per heavy atom. The van der Waals surface area contributed by atoms with Crippen molar-refractivity contribution in [3.63, 3.8) is 0 Å². The van der Waals surface area contributed by atoms with Crippen LogP contribution < -0.4 is 5.73 Å². The molecule has 0 saturated carbocycles. The fraction of sp³-hybridized carbons (Fsp3) is 0.200. The first-order valence-electron chi connectivity index (χ1n) is 2.45. The molecule has 0 saturated heterocycles. The fourth-order valence-electron chi connectivity index (χ4n) is 0.488. The number of hydrogen-bond acceptors (Lipinski definition) is 3. The Labute approximate surface area is 57.9 Å². The molecule has 1 rings (SSSR count). The van der Waals surface area contributed by atoms with E-state index in [0.29, 0.717) is 17.4 Å². The van der Waals surface area contributed by atoms with Crippen molar-refractivity contribution < 1.29 is 0 Å². The number of anilines is 1. The van der Waals surface area contributed by atoms with Gasteiger partial charge in [-0.15, -0.1) is 11.6 Å². The van der Waals surface area contributed by atoms with Crippen LogP contribution in [0.2, 0.25) is 0 Å². The van der Waals surface area contributed by atoms with Crippen LogP contribution in [-0.2, 0) is 5.88 Å². The molecule has 4 heteroatoms. The van der Waals surface area contributed by atoms with Crippen molar-refractivity contribution in [2.75, 3.05) is 5.73 Å². The first kappa shape index (κ1) is 6.29. The average molecular weight is 144 g/mol. The van der Waals surface area contributed by atoms with Crippen molar-refractivity contribution in [3.05, 3.63) is 18.1 Å². The summed E-state index contributed by atoms with van der Waals surface area (Å²) in [6.07, 6.45) is 3.07. The first-order valence-corrected chi connectivity index (χ1v) is 2.98. The van der Waals surface area contributed by atoms with E-state index in [9.17, 15) is 0 Å². The van der Waals surface area contributed by atoms with Gasteiger partial charge in [-0.2, -0.15) is 0 Å². The molecular weight excluding hydrogens is 138 g/mol. The van der Waals surface area contributed by atoms with Crippen LogP contribution >= 0.6 is 11.6 Å². The van der Waals surface area contributed by atoms with E-state index in [1.807, 2.05) is 0 Å². The Bertz CT molecular complexity index is 201. The van der Waals surface area contributed by atoms with Gasteiger partial charge in [-0.3, -0.25) is 4.98 Å². The van der Waals surface area contributed by atoms with Crippen LogP contribution in [0.15, 0.2) is 12.4 Å². The first-order chi connectivity index (χ1) is 4.33. The number of nitrogens with two attached hydrogens (primary N) is 1. The molecule has 0 spiro atoms. The fourth-order valence-corrected chi connectivity index (χ4v) is 0.616. The zero-order chi connectivity index (χ0) is 6.69. The van der Waals surface area contributed by atoms with Gasteiger partial charge >= 0.3 is 0 Å². The van der Waals surface area contributed by atoms with Crippen molar-refractivity contribution in [2.24, 2.45) is 0 Å². The van der Waals surface area contributed by atoms with Gasteiger partial charge in [-0.1, -0.05) is 0 Å². The lowest BCUT2D eigenvalue weighted by atomic mass is 10.5. The van der Waals surface area contributed by atoms with Gasteiger partial charge in [0.1, 0.15) is 5.82 Å². The molecule has 0 amide bonds. The molecule has 0 unspecified atom stereocenters. The molecule has 2 N–H and O–H groups in total. The molecule has 0 bridgehead atoms. The molecule has 0 aliphatic carbocycles. The monoisotopic (exact) mass is 143 g/mol. The second kappa shape index (κ2) is 2.64. The molecule has 0 aromatic carbocycles. The highest BCUT2D eigenvalue weighted by Crippen LogP contribution is 1.99. The highest BCUT2D eigenvalue weighted by atomic mass is 35.5. The quantitative estimate of drug-likeness (QED) is 0.592. The van der Waals surface area contributed by atoms with Crippen molar-refractivity contribution >= 4 is 17.4 Å². The van der Waals surface area contributed by atoms with Crippen LogP contribution in [0.1, 0.15) is 5.69 Å². The largest absolute Gasteiger partial charge is 0.382 e. The predicted octanol–water partition coefficient (Wildman–Crippen LogP) is 0.798. The van der Waals surface area contributed by atoms with E-state index >= 15 is 0 Å². The lowest BCUT2D eigenvalue weighted by molar-refractivity contribution is 1.11. The molecule has 0 radical (unpaired) electrons. The van der Waals surface area contributed by atoms with Crippen LogP contribution in [0.4, 0.5) is 5.82 Å². The molecule has 3 nitrogen and oxygen atoms in total. The standard InChI is InChI=1S/C5H6ClN3/c6-1-4-2-8-3-5(7)9-4/h2-3H,1H2,(H2,7,9). The Morgan fingerprint density at radius 3 is 2.78 bits per heavy atom. The topological polar surface area (TPSA) is 51.8 Å². The van der Waals surface area contributed by atoms with Crippen LogP contribution in [0.25, 0.3) is 0 Å². The summed E-state index contributed by atoms with van der Waals surface area (Å²) in [6.45, 7) is 0. The molecule has 0 atom stereocenters. The Morgan fingerprint density at radius 2 is 2.33 bits per heavy atom. The summed E-state index contributed by atoms with van der Waals surface area (Å²) in [7, 11) is 0. The molecule has 0 fully saturated rings. The zero-order valence-electron chi connectivity index (χ0n) is 4.71. The zero-order valence-corrected chi connectivity index (χ0v) is 5.47.